The second kappa shape index (κ2) is 13.7. The lowest BCUT2D eigenvalue weighted by molar-refractivity contribution is -0.169. The summed E-state index contributed by atoms with van der Waals surface area (Å²) in [5.74, 6) is -0.874. The molecule has 0 amide bonds. The number of carbonyl (C=O) groups excluding carboxylic acids is 2. The first kappa shape index (κ1) is 30.8. The predicted octanol–water partition coefficient (Wildman–Crippen LogP) is 8.59. The number of Topliss-reactive ketones (excluding diaryl/α,β-unsaturated/α-hetero) is 1. The average Bonchev–Trinajstić information content (AvgIpc) is 3.27. The van der Waals surface area contributed by atoms with Gasteiger partial charge in [0.2, 0.25) is 0 Å². The Morgan fingerprint density at radius 3 is 2.10 bits per heavy atom. The number of nitrogens with zero attached hydrogens (tertiary/aromatic N) is 2. The van der Waals surface area contributed by atoms with Gasteiger partial charge in [-0.2, -0.15) is 0 Å². The van der Waals surface area contributed by atoms with E-state index in [2.05, 4.69) is 0 Å². The molecule has 1 heterocycles. The Bertz CT molecular complexity index is 1420. The van der Waals surface area contributed by atoms with E-state index in [1.165, 1.54) is 13.0 Å². The van der Waals surface area contributed by atoms with Crippen molar-refractivity contribution in [2.45, 2.75) is 31.5 Å². The van der Waals surface area contributed by atoms with Gasteiger partial charge in [0, 0.05) is 45.0 Å². The first-order valence-electron chi connectivity index (χ1n) is 11.9. The van der Waals surface area contributed by atoms with Crippen LogP contribution < -0.4 is 0 Å². The summed E-state index contributed by atoms with van der Waals surface area (Å²) in [6.45, 7) is 1.23. The van der Waals surface area contributed by atoms with E-state index in [0.717, 1.165) is 0 Å². The number of rotatable bonds is 10. The van der Waals surface area contributed by atoms with Crippen LogP contribution in [0.4, 0.5) is 0 Å². The molecular formula is C28H22Cl6N2O4. The van der Waals surface area contributed by atoms with Crippen molar-refractivity contribution < 1.29 is 19.1 Å². The second-order valence-corrected chi connectivity index (χ2v) is 11.4. The van der Waals surface area contributed by atoms with Crippen molar-refractivity contribution >= 4 is 81.4 Å². The highest BCUT2D eigenvalue weighted by atomic mass is 35.5. The van der Waals surface area contributed by atoms with Gasteiger partial charge in [-0.1, -0.05) is 87.8 Å². The van der Waals surface area contributed by atoms with Gasteiger partial charge in [-0.25, -0.2) is 0 Å². The molecule has 1 aliphatic rings. The zero-order valence-corrected chi connectivity index (χ0v) is 25.4. The monoisotopic (exact) mass is 660 g/mol. The molecule has 12 heteroatoms. The van der Waals surface area contributed by atoms with Crippen molar-refractivity contribution in [3.63, 3.8) is 0 Å². The van der Waals surface area contributed by atoms with Gasteiger partial charge in [0.1, 0.15) is 11.6 Å². The van der Waals surface area contributed by atoms with E-state index in [4.69, 9.17) is 79.1 Å². The minimum atomic E-state index is -1.03. The standard InChI is InChI=1S/C28H22Cl6N2O4/c1-16(37)40-28-35(14-25(38)22-9-8-21(31)13-24(22)33)10-11-36(28)27(34)26(17-2-5-19(29)6-3-17)39-15-18-4-7-20(30)12-23(18)32/h2-13,26-28H,14-15H2,1H3. The molecule has 0 aliphatic carbocycles. The Morgan fingerprint density at radius 1 is 0.850 bits per heavy atom. The van der Waals surface area contributed by atoms with Gasteiger partial charge in [-0.05, 0) is 53.6 Å². The quantitative estimate of drug-likeness (QED) is 0.0938. The van der Waals surface area contributed by atoms with Crippen molar-refractivity contribution in [1.82, 2.24) is 9.80 Å². The summed E-state index contributed by atoms with van der Waals surface area (Å²) in [4.78, 5) is 28.3. The molecule has 0 spiro atoms. The molecule has 0 N–H and O–H groups in total. The molecular weight excluding hydrogens is 641 g/mol. The zero-order valence-electron chi connectivity index (χ0n) is 20.9. The van der Waals surface area contributed by atoms with E-state index >= 15 is 0 Å². The summed E-state index contributed by atoms with van der Waals surface area (Å²) in [7, 11) is 0. The first-order chi connectivity index (χ1) is 19.0. The lowest BCUT2D eigenvalue weighted by Crippen LogP contribution is -2.48. The van der Waals surface area contributed by atoms with Crippen molar-refractivity contribution in [1.29, 1.82) is 0 Å². The topological polar surface area (TPSA) is 59.1 Å². The summed E-state index contributed by atoms with van der Waals surface area (Å²) in [6, 6.07) is 16.7. The molecule has 0 radical (unpaired) electrons. The van der Waals surface area contributed by atoms with Gasteiger partial charge in [0.25, 0.3) is 6.35 Å². The molecule has 0 saturated carbocycles. The van der Waals surface area contributed by atoms with E-state index in [1.807, 2.05) is 0 Å². The summed E-state index contributed by atoms with van der Waals surface area (Å²) in [5, 5.41) is 2.11. The van der Waals surface area contributed by atoms with E-state index in [1.54, 1.807) is 76.8 Å². The number of alkyl halides is 1. The van der Waals surface area contributed by atoms with E-state index in [-0.39, 0.29) is 29.5 Å². The lowest BCUT2D eigenvalue weighted by Gasteiger charge is -2.37. The number of ether oxygens (including phenoxy) is 2. The molecule has 210 valence electrons. The van der Waals surface area contributed by atoms with Crippen LogP contribution in [0.3, 0.4) is 0 Å². The third-order valence-electron chi connectivity index (χ3n) is 5.96. The maximum Gasteiger partial charge on any atom is 0.305 e. The normalized spacial score (nSPS) is 16.2. The van der Waals surface area contributed by atoms with Gasteiger partial charge in [-0.3, -0.25) is 9.59 Å². The second-order valence-electron chi connectivity index (χ2n) is 8.79. The summed E-state index contributed by atoms with van der Waals surface area (Å²) in [5.41, 5.74) is 0.803. The molecule has 3 atom stereocenters. The molecule has 4 rings (SSSR count). The molecule has 3 aromatic rings. The van der Waals surface area contributed by atoms with Crippen LogP contribution in [0.1, 0.15) is 34.5 Å². The van der Waals surface area contributed by atoms with Gasteiger partial charge in [0.15, 0.2) is 5.78 Å². The molecule has 0 bridgehead atoms. The zero-order chi connectivity index (χ0) is 29.0. The molecule has 1 aliphatic heterocycles. The Kier molecular flexibility index (Phi) is 10.5. The molecule has 40 heavy (non-hydrogen) atoms. The Morgan fingerprint density at radius 2 is 1.48 bits per heavy atom. The van der Waals surface area contributed by atoms with Crippen molar-refractivity contribution in [3.8, 4) is 0 Å². The highest BCUT2D eigenvalue weighted by Gasteiger charge is 2.39. The van der Waals surface area contributed by atoms with Crippen LogP contribution in [0.5, 0.6) is 0 Å². The average molecular weight is 663 g/mol. The summed E-state index contributed by atoms with van der Waals surface area (Å²) >= 11 is 37.7. The maximum atomic E-state index is 13.1. The number of halogens is 6. The van der Waals surface area contributed by atoms with Gasteiger partial charge in [0.05, 0.1) is 18.2 Å². The number of esters is 1. The maximum absolute atomic E-state index is 13.1. The molecule has 3 aromatic carbocycles. The van der Waals surface area contributed by atoms with Crippen LogP contribution in [-0.2, 0) is 20.9 Å². The third kappa shape index (κ3) is 7.56. The number of hydrogen-bond donors (Lipinski definition) is 0. The van der Waals surface area contributed by atoms with Crippen LogP contribution in [-0.4, -0.2) is 39.9 Å². The summed E-state index contributed by atoms with van der Waals surface area (Å²) in [6.07, 6.45) is 1.46. The fourth-order valence-electron chi connectivity index (χ4n) is 4.02. The van der Waals surface area contributed by atoms with Crippen LogP contribution in [0.15, 0.2) is 73.1 Å². The van der Waals surface area contributed by atoms with Crippen molar-refractivity contribution in [3.05, 3.63) is 115 Å². The van der Waals surface area contributed by atoms with Gasteiger partial charge in [-0.15, -0.1) is 0 Å². The number of benzene rings is 3. The predicted molar refractivity (Wildman–Crippen MR) is 159 cm³/mol. The largest absolute Gasteiger partial charge is 0.423 e. The molecule has 6 nitrogen and oxygen atoms in total. The van der Waals surface area contributed by atoms with Crippen molar-refractivity contribution in [2.75, 3.05) is 6.54 Å². The Hall–Kier alpha value is -2.16. The fourth-order valence-corrected chi connectivity index (χ4v) is 5.50. The van der Waals surface area contributed by atoms with Gasteiger partial charge >= 0.3 is 5.97 Å². The Labute approximate surface area is 261 Å². The van der Waals surface area contributed by atoms with Crippen LogP contribution >= 0.6 is 69.6 Å². The number of hydrogen-bond acceptors (Lipinski definition) is 6. The highest BCUT2D eigenvalue weighted by Crippen LogP contribution is 2.35. The van der Waals surface area contributed by atoms with Crippen LogP contribution in [0.2, 0.25) is 25.1 Å². The van der Waals surface area contributed by atoms with E-state index in [9.17, 15) is 9.59 Å². The smallest absolute Gasteiger partial charge is 0.305 e. The molecule has 3 unspecified atom stereocenters. The van der Waals surface area contributed by atoms with Crippen LogP contribution in [0, 0.1) is 0 Å². The van der Waals surface area contributed by atoms with Crippen molar-refractivity contribution in [2.24, 2.45) is 0 Å². The Balaban J connectivity index is 1.58. The molecule has 0 saturated heterocycles. The fraction of sp³-hybridized carbons (Fsp3) is 0.214. The number of ketones is 1. The first-order valence-corrected chi connectivity index (χ1v) is 14.2. The van der Waals surface area contributed by atoms with E-state index < -0.39 is 23.9 Å². The minimum absolute atomic E-state index is 0.111. The SMILES string of the molecule is CC(=O)OC1N(CC(=O)c2ccc(Cl)cc2Cl)C=CN1C(Cl)C(OCc1ccc(Cl)cc1Cl)c1ccc(Cl)cc1. The number of carbonyl (C=O) groups is 2. The lowest BCUT2D eigenvalue weighted by atomic mass is 10.1. The highest BCUT2D eigenvalue weighted by molar-refractivity contribution is 6.37. The summed E-state index contributed by atoms with van der Waals surface area (Å²) < 4.78 is 11.9. The minimum Gasteiger partial charge on any atom is -0.423 e. The third-order valence-corrected chi connectivity index (χ3v) is 7.81. The molecule has 0 fully saturated rings. The van der Waals surface area contributed by atoms with Crippen LogP contribution in [0.25, 0.3) is 0 Å². The van der Waals surface area contributed by atoms with E-state index in [0.29, 0.717) is 31.2 Å². The molecule has 0 aromatic heterocycles. The van der Waals surface area contributed by atoms with Gasteiger partial charge < -0.3 is 19.3 Å².